The molecule has 0 unspecified atom stereocenters. The molecule has 0 saturated heterocycles. The van der Waals surface area contributed by atoms with Gasteiger partial charge in [0.2, 0.25) is 5.91 Å². The van der Waals surface area contributed by atoms with Crippen molar-refractivity contribution >= 4 is 5.91 Å². The van der Waals surface area contributed by atoms with Crippen molar-refractivity contribution in [3.05, 3.63) is 29.3 Å². The molecule has 0 aliphatic carbocycles. The molecule has 0 heterocycles. The van der Waals surface area contributed by atoms with Crippen LogP contribution in [-0.4, -0.2) is 30.5 Å². The van der Waals surface area contributed by atoms with Crippen LogP contribution in [0.3, 0.4) is 0 Å². The Hall–Kier alpha value is -1.55. The first kappa shape index (κ1) is 15.5. The van der Waals surface area contributed by atoms with Crippen LogP contribution < -0.4 is 10.5 Å². The van der Waals surface area contributed by atoms with E-state index in [4.69, 9.17) is 10.5 Å². The van der Waals surface area contributed by atoms with E-state index >= 15 is 0 Å². The summed E-state index contributed by atoms with van der Waals surface area (Å²) in [6.45, 7) is 6.66. The van der Waals surface area contributed by atoms with Crippen molar-refractivity contribution in [2.75, 3.05) is 13.7 Å². The molecule has 1 rings (SSSR count). The monoisotopic (exact) mass is 264 g/mol. The fourth-order valence-electron chi connectivity index (χ4n) is 2.03. The average Bonchev–Trinajstić information content (AvgIpc) is 2.43. The molecule has 4 nitrogen and oxygen atoms in total. The molecule has 0 aromatic heterocycles. The minimum Gasteiger partial charge on any atom is -0.496 e. The van der Waals surface area contributed by atoms with E-state index in [2.05, 4.69) is 13.0 Å². The lowest BCUT2D eigenvalue weighted by molar-refractivity contribution is -0.132. The summed E-state index contributed by atoms with van der Waals surface area (Å²) in [5.74, 6) is 0.770. The second kappa shape index (κ2) is 7.14. The van der Waals surface area contributed by atoms with Crippen molar-refractivity contribution in [3.63, 3.8) is 0 Å². The Morgan fingerprint density at radius 2 is 2.11 bits per heavy atom. The molecule has 19 heavy (non-hydrogen) atoms. The van der Waals surface area contributed by atoms with Gasteiger partial charge in [0.15, 0.2) is 0 Å². The van der Waals surface area contributed by atoms with Crippen molar-refractivity contribution in [1.29, 1.82) is 0 Å². The van der Waals surface area contributed by atoms with Crippen LogP contribution in [0.25, 0.3) is 0 Å². The summed E-state index contributed by atoms with van der Waals surface area (Å²) < 4.78 is 5.37. The molecule has 0 atom stereocenters. The van der Waals surface area contributed by atoms with Crippen LogP contribution in [0, 0.1) is 0 Å². The summed E-state index contributed by atoms with van der Waals surface area (Å²) in [5.41, 5.74) is 7.73. The minimum atomic E-state index is -0.0426. The first-order valence-electron chi connectivity index (χ1n) is 6.68. The highest BCUT2D eigenvalue weighted by molar-refractivity contribution is 5.78. The van der Waals surface area contributed by atoms with Gasteiger partial charge in [-0.25, -0.2) is 0 Å². The number of nitrogens with two attached hydrogens (primary N) is 1. The van der Waals surface area contributed by atoms with Crippen LogP contribution in [0.2, 0.25) is 0 Å². The highest BCUT2D eigenvalue weighted by atomic mass is 16.5. The quantitative estimate of drug-likeness (QED) is 0.854. The zero-order chi connectivity index (χ0) is 14.4. The second-order valence-corrected chi connectivity index (χ2v) is 4.82. The molecule has 106 valence electrons. The van der Waals surface area contributed by atoms with Crippen molar-refractivity contribution in [2.24, 2.45) is 5.73 Å². The van der Waals surface area contributed by atoms with Gasteiger partial charge < -0.3 is 15.4 Å². The summed E-state index contributed by atoms with van der Waals surface area (Å²) in [4.78, 5) is 13.6. The summed E-state index contributed by atoms with van der Waals surface area (Å²) in [6, 6.07) is 6.22. The van der Waals surface area contributed by atoms with Gasteiger partial charge in [0.1, 0.15) is 5.75 Å². The van der Waals surface area contributed by atoms with Crippen LogP contribution in [0.1, 0.15) is 31.9 Å². The van der Waals surface area contributed by atoms with E-state index in [0.29, 0.717) is 6.54 Å². The van der Waals surface area contributed by atoms with Gasteiger partial charge >= 0.3 is 0 Å². The van der Waals surface area contributed by atoms with Gasteiger partial charge in [0, 0.05) is 18.2 Å². The normalized spacial score (nSPS) is 10.6. The van der Waals surface area contributed by atoms with E-state index in [1.807, 2.05) is 26.0 Å². The van der Waals surface area contributed by atoms with Gasteiger partial charge in [-0.2, -0.15) is 0 Å². The van der Waals surface area contributed by atoms with Gasteiger partial charge in [-0.1, -0.05) is 19.1 Å². The molecule has 0 aliphatic rings. The van der Waals surface area contributed by atoms with Crippen LogP contribution in [0.15, 0.2) is 18.2 Å². The maximum atomic E-state index is 11.9. The first-order chi connectivity index (χ1) is 9.03. The SMILES string of the molecule is CCc1ccc(OC)c(CN(C(=O)CN)C(C)C)c1. The number of hydrogen-bond donors (Lipinski definition) is 1. The number of methoxy groups -OCH3 is 1. The highest BCUT2D eigenvalue weighted by Crippen LogP contribution is 2.22. The number of aryl methyl sites for hydroxylation is 1. The van der Waals surface area contributed by atoms with Crippen LogP contribution in [0.4, 0.5) is 0 Å². The number of carbonyl (C=O) groups is 1. The van der Waals surface area contributed by atoms with Crippen molar-refractivity contribution in [3.8, 4) is 5.75 Å². The predicted molar refractivity (Wildman–Crippen MR) is 77.1 cm³/mol. The molecule has 0 saturated carbocycles. The summed E-state index contributed by atoms with van der Waals surface area (Å²) in [5, 5.41) is 0. The highest BCUT2D eigenvalue weighted by Gasteiger charge is 2.17. The smallest absolute Gasteiger partial charge is 0.236 e. The van der Waals surface area contributed by atoms with Crippen LogP contribution in [-0.2, 0) is 17.8 Å². The molecule has 0 fully saturated rings. The predicted octanol–water partition coefficient (Wildman–Crippen LogP) is 1.95. The lowest BCUT2D eigenvalue weighted by Gasteiger charge is -2.27. The van der Waals surface area contributed by atoms with E-state index in [9.17, 15) is 4.79 Å². The first-order valence-corrected chi connectivity index (χ1v) is 6.68. The van der Waals surface area contributed by atoms with Crippen molar-refractivity contribution < 1.29 is 9.53 Å². The Balaban J connectivity index is 3.03. The molecular weight excluding hydrogens is 240 g/mol. The minimum absolute atomic E-state index is 0.0357. The van der Waals surface area contributed by atoms with E-state index in [1.54, 1.807) is 12.0 Å². The molecule has 4 heteroatoms. The zero-order valence-electron chi connectivity index (χ0n) is 12.3. The third-order valence-corrected chi connectivity index (χ3v) is 3.21. The third-order valence-electron chi connectivity index (χ3n) is 3.21. The Morgan fingerprint density at radius 3 is 2.58 bits per heavy atom. The van der Waals surface area contributed by atoms with Gasteiger partial charge in [0.05, 0.1) is 13.7 Å². The Morgan fingerprint density at radius 1 is 1.42 bits per heavy atom. The molecule has 0 spiro atoms. The second-order valence-electron chi connectivity index (χ2n) is 4.82. The Kier molecular flexibility index (Phi) is 5.83. The van der Waals surface area contributed by atoms with Gasteiger partial charge in [0.25, 0.3) is 0 Å². The Bertz CT molecular complexity index is 430. The molecule has 1 aromatic rings. The van der Waals surface area contributed by atoms with Crippen LogP contribution in [0.5, 0.6) is 5.75 Å². The molecular formula is C15H24N2O2. The van der Waals surface area contributed by atoms with Crippen LogP contribution >= 0.6 is 0 Å². The van der Waals surface area contributed by atoms with E-state index in [-0.39, 0.29) is 18.5 Å². The Labute approximate surface area is 115 Å². The lowest BCUT2D eigenvalue weighted by atomic mass is 10.1. The van der Waals surface area contributed by atoms with E-state index < -0.39 is 0 Å². The van der Waals surface area contributed by atoms with E-state index in [1.165, 1.54) is 5.56 Å². The molecule has 0 aliphatic heterocycles. The summed E-state index contributed by atoms with van der Waals surface area (Å²) in [6.07, 6.45) is 0.962. The standard InChI is InChI=1S/C15H24N2O2/c1-5-12-6-7-14(19-4)13(8-12)10-17(11(2)3)15(18)9-16/h6-8,11H,5,9-10,16H2,1-4H3. The number of hydrogen-bond acceptors (Lipinski definition) is 3. The fraction of sp³-hybridized carbons (Fsp3) is 0.533. The maximum Gasteiger partial charge on any atom is 0.236 e. The molecule has 0 bridgehead atoms. The number of benzene rings is 1. The largest absolute Gasteiger partial charge is 0.496 e. The van der Waals surface area contributed by atoms with Gasteiger partial charge in [-0.3, -0.25) is 4.79 Å². The van der Waals surface area contributed by atoms with Gasteiger partial charge in [-0.15, -0.1) is 0 Å². The number of rotatable bonds is 6. The van der Waals surface area contributed by atoms with Gasteiger partial charge in [-0.05, 0) is 31.9 Å². The molecule has 1 aromatic carbocycles. The summed E-state index contributed by atoms with van der Waals surface area (Å²) >= 11 is 0. The maximum absolute atomic E-state index is 11.9. The number of amides is 1. The fourth-order valence-corrected chi connectivity index (χ4v) is 2.03. The van der Waals surface area contributed by atoms with Crippen molar-refractivity contribution in [2.45, 2.75) is 39.8 Å². The van der Waals surface area contributed by atoms with Crippen molar-refractivity contribution in [1.82, 2.24) is 4.90 Å². The molecule has 0 radical (unpaired) electrons. The molecule has 1 amide bonds. The topological polar surface area (TPSA) is 55.6 Å². The third kappa shape index (κ3) is 3.96. The average molecular weight is 264 g/mol. The zero-order valence-corrected chi connectivity index (χ0v) is 12.3. The number of carbonyl (C=O) groups excluding carboxylic acids is 1. The summed E-state index contributed by atoms with van der Waals surface area (Å²) in [7, 11) is 1.65. The number of ether oxygens (including phenoxy) is 1. The number of nitrogens with zero attached hydrogens (tertiary/aromatic N) is 1. The lowest BCUT2D eigenvalue weighted by Crippen LogP contribution is -2.40. The van der Waals surface area contributed by atoms with E-state index in [0.717, 1.165) is 17.7 Å². The molecule has 2 N–H and O–H groups in total.